The van der Waals surface area contributed by atoms with Crippen molar-refractivity contribution in [2.75, 3.05) is 114 Å². The predicted molar refractivity (Wildman–Crippen MR) is 512 cm³/mol. The minimum Gasteiger partial charge on any atom is -0.497 e. The minimum atomic E-state index is -1.39. The molecule has 0 aliphatic carbocycles. The highest BCUT2D eigenvalue weighted by molar-refractivity contribution is 6.36. The van der Waals surface area contributed by atoms with Gasteiger partial charge in [-0.3, -0.25) is 63.3 Å². The van der Waals surface area contributed by atoms with Crippen molar-refractivity contribution in [1.29, 1.82) is 0 Å². The number of fused-ring (bicyclic) bond motifs is 2. The van der Waals surface area contributed by atoms with E-state index in [2.05, 4.69) is 105 Å². The first-order valence-electron chi connectivity index (χ1n) is 45.2. The molecule has 4 aromatic heterocycles. The van der Waals surface area contributed by atoms with Crippen LogP contribution in [-0.4, -0.2) is 231 Å². The summed E-state index contributed by atoms with van der Waals surface area (Å²) < 4.78 is 38.9. The first-order valence-corrected chi connectivity index (χ1v) is 45.2. The molecule has 3 aliphatic rings. The summed E-state index contributed by atoms with van der Waals surface area (Å²) in [6.45, 7) is 26.9. The van der Waals surface area contributed by atoms with Crippen LogP contribution in [0.15, 0.2) is 152 Å². The number of anilines is 4. The number of hydrogen-bond donors (Lipinski definition) is 10. The summed E-state index contributed by atoms with van der Waals surface area (Å²) in [7, 11) is 3.02. The number of esters is 4. The number of amides is 10. The third kappa shape index (κ3) is 26.2. The van der Waals surface area contributed by atoms with Gasteiger partial charge in [-0.15, -0.1) is 0 Å². The summed E-state index contributed by atoms with van der Waals surface area (Å²) in [5, 5.41) is 30.8. The Morgan fingerprint density at radius 1 is 0.507 bits per heavy atom. The Morgan fingerprint density at radius 3 is 1.40 bits per heavy atom. The first kappa shape index (κ1) is 99.7. The molecule has 714 valence electrons. The molecule has 36 nitrogen and oxygen atoms in total. The zero-order valence-electron chi connectivity index (χ0n) is 78.3. The van der Waals surface area contributed by atoms with Crippen LogP contribution in [0.2, 0.25) is 0 Å². The molecule has 2 atom stereocenters. The lowest BCUT2D eigenvalue weighted by Crippen LogP contribution is -2.40. The molecular formula is C100H115N17O19. The van der Waals surface area contributed by atoms with Crippen molar-refractivity contribution < 1.29 is 90.7 Å². The van der Waals surface area contributed by atoms with E-state index in [1.54, 1.807) is 155 Å². The van der Waals surface area contributed by atoms with E-state index >= 15 is 0 Å². The Kier molecular flexibility index (Phi) is 34.7. The first-order chi connectivity index (χ1) is 65.5. The quantitative estimate of drug-likeness (QED) is 0.00968. The maximum Gasteiger partial charge on any atom is 0.352 e. The smallest absolute Gasteiger partial charge is 0.352 e. The van der Waals surface area contributed by atoms with Gasteiger partial charge in [0.05, 0.1) is 80.5 Å². The lowest BCUT2D eigenvalue weighted by molar-refractivity contribution is -0.161. The van der Waals surface area contributed by atoms with Crippen LogP contribution in [0.5, 0.6) is 28.7 Å². The van der Waals surface area contributed by atoms with Gasteiger partial charge in [-0.2, -0.15) is 10.2 Å². The van der Waals surface area contributed by atoms with Crippen LogP contribution < -0.4 is 55.6 Å². The molecule has 7 heterocycles. The lowest BCUT2D eigenvalue weighted by Gasteiger charge is -2.23. The average Bonchev–Trinajstić information content (AvgIpc) is 1.63. The number of methoxy groups -OCH3 is 2. The number of benzene rings is 6. The molecule has 0 spiro atoms. The summed E-state index contributed by atoms with van der Waals surface area (Å²) in [4.78, 5) is 176. The van der Waals surface area contributed by atoms with E-state index in [1.165, 1.54) is 52.3 Å². The number of ether oxygens (including phenoxy) is 7. The van der Waals surface area contributed by atoms with E-state index in [-0.39, 0.29) is 59.4 Å². The minimum absolute atomic E-state index is 0.0855. The SMILES string of the molecule is CCN(CC)CCNC(=O)c1c(C)[nH]c(/C=C2\C(=O)Nc3ccc(OC(=O)C(C)OC(=O)CCC(=O)N(Cc4cccc(OC)c4)C(=O)Nc4ccc(-c5cn[nH]c5)cc4)cc32)c1C.CCN(CC)CCNC(=O)c1c(C)[nH]c(/C=C2\C(=O)Nc3ccc(OC(=O)C(C)OC(=O)CCC(=O)N(Cc4cccc(OC)c4)C(=O)Nc4ccc(-c5cn[nH]c5)cc4OCCN4CCCC4)cc32)c1C. The van der Waals surface area contributed by atoms with Gasteiger partial charge in [0.2, 0.25) is 11.8 Å². The molecule has 10 aromatic rings. The van der Waals surface area contributed by atoms with Gasteiger partial charge >= 0.3 is 35.9 Å². The van der Waals surface area contributed by atoms with E-state index in [9.17, 15) is 57.5 Å². The summed E-state index contributed by atoms with van der Waals surface area (Å²) >= 11 is 0. The van der Waals surface area contributed by atoms with E-state index in [0.29, 0.717) is 134 Å². The van der Waals surface area contributed by atoms with E-state index in [4.69, 9.17) is 33.2 Å². The van der Waals surface area contributed by atoms with Crippen LogP contribution in [0, 0.1) is 27.7 Å². The van der Waals surface area contributed by atoms with Crippen LogP contribution in [0.3, 0.4) is 0 Å². The monoisotopic (exact) mass is 1860 g/mol. The number of carbonyl (C=O) groups excluding carboxylic acids is 12. The fourth-order valence-corrected chi connectivity index (χ4v) is 15.8. The number of nitrogens with one attached hydrogen (secondary N) is 10. The van der Waals surface area contributed by atoms with Gasteiger partial charge in [0.25, 0.3) is 23.6 Å². The average molecular weight is 1860 g/mol. The fourth-order valence-electron chi connectivity index (χ4n) is 15.8. The second-order valence-corrected chi connectivity index (χ2v) is 32.6. The van der Waals surface area contributed by atoms with Crippen LogP contribution in [-0.2, 0) is 60.9 Å². The molecule has 1 fully saturated rings. The number of likely N-dealkylation sites (tertiary alicyclic amines) is 1. The Balaban J connectivity index is 0.000000246. The van der Waals surface area contributed by atoms with Crippen molar-refractivity contribution in [2.24, 2.45) is 0 Å². The molecule has 10 amide bonds. The van der Waals surface area contributed by atoms with E-state index in [1.807, 2.05) is 13.0 Å². The van der Waals surface area contributed by atoms with Gasteiger partial charge in [-0.1, -0.05) is 70.2 Å². The molecule has 10 N–H and O–H groups in total. The zero-order chi connectivity index (χ0) is 97.2. The summed E-state index contributed by atoms with van der Waals surface area (Å²) in [6.07, 6.45) is 7.92. The van der Waals surface area contributed by atoms with Gasteiger partial charge in [-0.25, -0.2) is 19.2 Å². The number of likely N-dealkylation sites (N-methyl/N-ethyl adjacent to an activating group) is 2. The third-order valence-corrected chi connectivity index (χ3v) is 23.5. The molecule has 0 radical (unpaired) electrons. The standard InChI is InChI=1S/C53H63N9O10.C47H52N8O9/c1-7-60(8-2)23-20-54-51(66)49-33(3)45(57-34(49)4)29-42-41-28-40(15-17-43(41)58-50(42)65)72-52(67)35(5)71-48(64)19-18-47(63)62(32-36-12-11-13-39(26-36)69-6)53(68)59-44-16-14-37(38-30-55-56-31-38)27-46(44)70-25-24-61-21-9-10-22-61;1-7-54(8-2)21-20-48-45(59)43-28(3)40(51-29(43)4)24-38-37-23-36(16-17-39(37)53-44(38)58)64-46(60)30(5)63-42(57)19-18-41(56)55(27-31-10-9-11-35(22-31)62-6)47(61)52-34-14-12-32(13-15-34)33-25-49-50-26-33/h11-17,26-31,35,57H,7-10,18-25,32H2,1-6H3,(H,54,66)(H,55,56)(H,58,65)(H,59,68);9-17,22-26,30,51H,7-8,18-21,27H2,1-6H3,(H,48,59)(H,49,50)(H,52,61)(H,53,58)/b42-29-;38-24-. The zero-order valence-corrected chi connectivity index (χ0v) is 78.3. The number of nitrogens with zero attached hydrogens (tertiary/aromatic N) is 7. The number of rotatable bonds is 40. The molecule has 0 bridgehead atoms. The molecule has 1 saturated heterocycles. The molecule has 3 aliphatic heterocycles. The fraction of sp³-hybridized carbons (Fsp3) is 0.340. The van der Waals surface area contributed by atoms with Crippen molar-refractivity contribution in [3.05, 3.63) is 219 Å². The van der Waals surface area contributed by atoms with Crippen molar-refractivity contribution >= 4 is 117 Å². The third-order valence-electron chi connectivity index (χ3n) is 23.5. The second-order valence-electron chi connectivity index (χ2n) is 32.6. The molecule has 2 unspecified atom stereocenters. The molecule has 36 heteroatoms. The van der Waals surface area contributed by atoms with Gasteiger partial charge in [0.1, 0.15) is 35.4 Å². The topological polar surface area (TPSA) is 447 Å². The largest absolute Gasteiger partial charge is 0.497 e. The highest BCUT2D eigenvalue weighted by atomic mass is 16.6. The highest BCUT2D eigenvalue weighted by Gasteiger charge is 2.34. The second kappa shape index (κ2) is 47.4. The number of aromatic amines is 4. The van der Waals surface area contributed by atoms with Crippen molar-refractivity contribution in [3.8, 4) is 51.0 Å². The molecule has 6 aromatic carbocycles. The Labute approximate surface area is 787 Å². The normalized spacial score (nSPS) is 13.6. The summed E-state index contributed by atoms with van der Waals surface area (Å²) in [5.74, 6) is -4.45. The van der Waals surface area contributed by atoms with Gasteiger partial charge in [0, 0.05) is 120 Å². The number of urea groups is 2. The number of carbonyl (C=O) groups is 12. The predicted octanol–water partition coefficient (Wildman–Crippen LogP) is 13.4. The Hall–Kier alpha value is -15.3. The maximum atomic E-state index is 14.1. The lowest BCUT2D eigenvalue weighted by atomic mass is 10.0. The number of H-pyrrole nitrogens is 4. The Morgan fingerprint density at radius 2 is 0.956 bits per heavy atom. The van der Waals surface area contributed by atoms with Gasteiger partial charge in [0.15, 0.2) is 12.2 Å². The van der Waals surface area contributed by atoms with Gasteiger partial charge < -0.3 is 84.8 Å². The van der Waals surface area contributed by atoms with Crippen LogP contribution in [0.4, 0.5) is 32.3 Å². The van der Waals surface area contributed by atoms with Crippen molar-refractivity contribution in [2.45, 2.75) is 133 Å². The summed E-state index contributed by atoms with van der Waals surface area (Å²) in [5.41, 5.74) is 12.6. The molecule has 136 heavy (non-hydrogen) atoms. The molecular weight excluding hydrogens is 1740 g/mol. The number of aryl methyl sites for hydroxylation is 2. The highest BCUT2D eigenvalue weighted by Crippen LogP contribution is 2.40. The van der Waals surface area contributed by atoms with Gasteiger partial charge in [-0.05, 0) is 224 Å². The number of imide groups is 2. The van der Waals surface area contributed by atoms with E-state index < -0.39 is 85.6 Å². The van der Waals surface area contributed by atoms with Crippen LogP contribution in [0.25, 0.3) is 45.6 Å². The number of hydrogen-bond acceptors (Lipinski definition) is 24. The van der Waals surface area contributed by atoms with E-state index in [0.717, 1.165) is 97.3 Å². The molecule has 0 saturated carbocycles. The Bertz CT molecular complexity index is 6060. The maximum absolute atomic E-state index is 14.1. The molecule has 13 rings (SSSR count). The number of aromatic nitrogens is 6. The van der Waals surface area contributed by atoms with Crippen molar-refractivity contribution in [1.82, 2.24) is 65.5 Å². The van der Waals surface area contributed by atoms with Crippen LogP contribution >= 0.6 is 0 Å². The van der Waals surface area contributed by atoms with Crippen LogP contribution in [0.1, 0.15) is 157 Å². The summed E-state index contributed by atoms with van der Waals surface area (Å²) in [6, 6.07) is 33.9. The van der Waals surface area contributed by atoms with Crippen molar-refractivity contribution in [3.63, 3.8) is 0 Å².